The van der Waals surface area contributed by atoms with Crippen LogP contribution in [0.2, 0.25) is 0 Å². The fourth-order valence-electron chi connectivity index (χ4n) is 3.39. The van der Waals surface area contributed by atoms with E-state index < -0.39 is 4.92 Å². The topological polar surface area (TPSA) is 86.7 Å². The van der Waals surface area contributed by atoms with Crippen molar-refractivity contribution >= 4 is 39.1 Å². The predicted molar refractivity (Wildman–Crippen MR) is 119 cm³/mol. The molecule has 0 saturated carbocycles. The van der Waals surface area contributed by atoms with Crippen LogP contribution < -0.4 is 14.8 Å². The Morgan fingerprint density at radius 2 is 1.91 bits per heavy atom. The molecule has 0 amide bonds. The number of ether oxygens (including phenoxy) is 1. The molecule has 7 nitrogen and oxygen atoms in total. The second-order valence-corrected chi connectivity index (χ2v) is 8.04. The van der Waals surface area contributed by atoms with Gasteiger partial charge in [0.05, 0.1) is 20.5 Å². The van der Waals surface area contributed by atoms with Crippen molar-refractivity contribution in [2.75, 3.05) is 0 Å². The number of hydrogen-bond donors (Lipinski definition) is 0. The second-order valence-electron chi connectivity index (χ2n) is 7.03. The lowest BCUT2D eigenvalue weighted by Gasteiger charge is -2.09. The van der Waals surface area contributed by atoms with Gasteiger partial charge in [-0.05, 0) is 42.0 Å². The highest BCUT2D eigenvalue weighted by Crippen LogP contribution is 2.26. The summed E-state index contributed by atoms with van der Waals surface area (Å²) in [5.41, 5.74) is 2.18. The summed E-state index contributed by atoms with van der Waals surface area (Å²) in [6, 6.07) is 17.4. The summed E-state index contributed by atoms with van der Waals surface area (Å²) in [7, 11) is 0. The lowest BCUT2D eigenvalue weighted by molar-refractivity contribution is -0.384. The van der Waals surface area contributed by atoms with E-state index in [4.69, 9.17) is 4.74 Å². The molecule has 2 heterocycles. The maximum Gasteiger partial charge on any atom is 0.274 e. The number of rotatable bonds is 5. The Kier molecular flexibility index (Phi) is 4.87. The van der Waals surface area contributed by atoms with Crippen LogP contribution in [0.15, 0.2) is 71.5 Å². The SMILES string of the molecule is O=c1c(=Cc2cc([N+](=O)[O-])ccc2OCc2ccc(F)cc2)sc2nc3ccccc3n12. The van der Waals surface area contributed by atoms with Gasteiger partial charge < -0.3 is 4.74 Å². The number of imidazole rings is 1. The molecule has 5 aromatic rings. The third kappa shape index (κ3) is 3.58. The van der Waals surface area contributed by atoms with E-state index in [0.717, 1.165) is 11.1 Å². The fraction of sp³-hybridized carbons (Fsp3) is 0.0435. The molecule has 0 radical (unpaired) electrons. The number of nitrogens with zero attached hydrogens (tertiary/aromatic N) is 3. The first-order chi connectivity index (χ1) is 15.5. The average Bonchev–Trinajstić information content (AvgIpc) is 3.30. The Hall–Kier alpha value is -4.11. The molecule has 32 heavy (non-hydrogen) atoms. The van der Waals surface area contributed by atoms with Crippen molar-refractivity contribution in [3.05, 3.63) is 109 Å². The highest BCUT2D eigenvalue weighted by molar-refractivity contribution is 7.15. The number of hydrogen-bond acceptors (Lipinski definition) is 6. The first kappa shape index (κ1) is 19.8. The summed E-state index contributed by atoms with van der Waals surface area (Å²) in [5, 5.41) is 11.3. The first-order valence-electron chi connectivity index (χ1n) is 9.57. The van der Waals surface area contributed by atoms with Crippen LogP contribution in [0.4, 0.5) is 10.1 Å². The molecule has 0 atom stereocenters. The number of para-hydroxylation sites is 2. The highest BCUT2D eigenvalue weighted by atomic mass is 32.1. The molecule has 9 heteroatoms. The van der Waals surface area contributed by atoms with Crippen molar-refractivity contribution in [2.24, 2.45) is 0 Å². The molecule has 2 aromatic heterocycles. The summed E-state index contributed by atoms with van der Waals surface area (Å²) >= 11 is 1.20. The van der Waals surface area contributed by atoms with Gasteiger partial charge in [0.25, 0.3) is 11.2 Å². The fourth-order valence-corrected chi connectivity index (χ4v) is 4.37. The standard InChI is InChI=1S/C23H14FN3O4S/c24-16-7-5-14(6-8-16)13-31-20-10-9-17(27(29)30)11-15(20)12-21-22(28)26-19-4-2-1-3-18(19)25-23(26)32-21/h1-12H,13H2. The van der Waals surface area contributed by atoms with Crippen LogP contribution >= 0.6 is 11.3 Å². The van der Waals surface area contributed by atoms with Gasteiger partial charge in [0.1, 0.15) is 18.2 Å². The molecule has 0 N–H and O–H groups in total. The minimum atomic E-state index is -0.506. The molecule has 0 aliphatic heterocycles. The number of non-ortho nitro benzene ring substituents is 1. The van der Waals surface area contributed by atoms with Gasteiger partial charge in [0.2, 0.25) is 0 Å². The van der Waals surface area contributed by atoms with Gasteiger partial charge >= 0.3 is 0 Å². The van der Waals surface area contributed by atoms with Gasteiger partial charge in [-0.3, -0.25) is 14.9 Å². The van der Waals surface area contributed by atoms with E-state index in [2.05, 4.69) is 4.98 Å². The van der Waals surface area contributed by atoms with Crippen LogP contribution in [0.5, 0.6) is 5.75 Å². The number of aromatic nitrogens is 2. The summed E-state index contributed by atoms with van der Waals surface area (Å²) in [6.07, 6.45) is 1.57. The normalized spacial score (nSPS) is 12.0. The average molecular weight is 447 g/mol. The maximum absolute atomic E-state index is 13.1. The Balaban J connectivity index is 1.59. The van der Waals surface area contributed by atoms with E-state index in [9.17, 15) is 19.3 Å². The van der Waals surface area contributed by atoms with Crippen molar-refractivity contribution in [3.8, 4) is 5.75 Å². The molecule has 0 spiro atoms. The van der Waals surface area contributed by atoms with E-state index in [1.807, 2.05) is 24.3 Å². The summed E-state index contributed by atoms with van der Waals surface area (Å²) in [5.74, 6) is 0.0199. The molecule has 0 aliphatic carbocycles. The van der Waals surface area contributed by atoms with Crippen LogP contribution in [0, 0.1) is 15.9 Å². The Morgan fingerprint density at radius 3 is 2.69 bits per heavy atom. The van der Waals surface area contributed by atoms with Crippen LogP contribution in [-0.2, 0) is 6.61 Å². The van der Waals surface area contributed by atoms with Crippen molar-refractivity contribution < 1.29 is 14.1 Å². The first-order valence-corrected chi connectivity index (χ1v) is 10.4. The zero-order valence-corrected chi connectivity index (χ0v) is 17.2. The molecule has 0 fully saturated rings. The van der Waals surface area contributed by atoms with Crippen molar-refractivity contribution in [2.45, 2.75) is 6.61 Å². The van der Waals surface area contributed by atoms with Crippen molar-refractivity contribution in [3.63, 3.8) is 0 Å². The Bertz CT molecular complexity index is 1590. The quantitative estimate of drug-likeness (QED) is 0.299. The molecule has 5 rings (SSSR count). The van der Waals surface area contributed by atoms with Crippen LogP contribution in [0.1, 0.15) is 11.1 Å². The van der Waals surface area contributed by atoms with Gasteiger partial charge in [-0.1, -0.05) is 35.6 Å². The zero-order chi connectivity index (χ0) is 22.2. The van der Waals surface area contributed by atoms with Crippen LogP contribution in [0.3, 0.4) is 0 Å². The number of fused-ring (bicyclic) bond motifs is 3. The van der Waals surface area contributed by atoms with Gasteiger partial charge in [-0.15, -0.1) is 0 Å². The zero-order valence-electron chi connectivity index (χ0n) is 16.4. The minimum Gasteiger partial charge on any atom is -0.488 e. The number of nitro groups is 1. The Labute approximate surface area is 183 Å². The van der Waals surface area contributed by atoms with E-state index in [0.29, 0.717) is 26.3 Å². The molecular weight excluding hydrogens is 433 g/mol. The largest absolute Gasteiger partial charge is 0.488 e. The summed E-state index contributed by atoms with van der Waals surface area (Å²) in [4.78, 5) is 28.8. The van der Waals surface area contributed by atoms with Gasteiger partial charge in [-0.25, -0.2) is 13.8 Å². The second kappa shape index (κ2) is 7.86. The number of benzene rings is 3. The van der Waals surface area contributed by atoms with Crippen molar-refractivity contribution in [1.82, 2.24) is 9.38 Å². The molecule has 0 aliphatic rings. The van der Waals surface area contributed by atoms with Crippen molar-refractivity contribution in [1.29, 1.82) is 0 Å². The Morgan fingerprint density at radius 1 is 1.12 bits per heavy atom. The highest BCUT2D eigenvalue weighted by Gasteiger charge is 2.14. The molecule has 0 saturated heterocycles. The van der Waals surface area contributed by atoms with Gasteiger partial charge in [0.15, 0.2) is 4.96 Å². The van der Waals surface area contributed by atoms with Gasteiger partial charge in [-0.2, -0.15) is 0 Å². The van der Waals surface area contributed by atoms with E-state index in [-0.39, 0.29) is 23.7 Å². The van der Waals surface area contributed by atoms with E-state index in [1.165, 1.54) is 46.1 Å². The molecule has 158 valence electrons. The predicted octanol–water partition coefficient (Wildman–Crippen LogP) is 4.08. The molecule has 0 unspecified atom stereocenters. The third-order valence-electron chi connectivity index (χ3n) is 4.94. The molecule has 0 bridgehead atoms. The van der Waals surface area contributed by atoms with E-state index in [1.54, 1.807) is 18.2 Å². The van der Waals surface area contributed by atoms with Crippen LogP contribution in [-0.4, -0.2) is 14.3 Å². The number of thiazole rings is 1. The summed E-state index contributed by atoms with van der Waals surface area (Å²) < 4.78 is 20.9. The smallest absolute Gasteiger partial charge is 0.274 e. The number of nitro benzene ring substituents is 1. The summed E-state index contributed by atoms with van der Waals surface area (Å²) in [6.45, 7) is 0.140. The monoisotopic (exact) mass is 447 g/mol. The van der Waals surface area contributed by atoms with Gasteiger partial charge in [0, 0.05) is 17.7 Å². The maximum atomic E-state index is 13.1. The van der Waals surface area contributed by atoms with E-state index >= 15 is 0 Å². The number of halogens is 1. The molecule has 3 aromatic carbocycles. The third-order valence-corrected chi connectivity index (χ3v) is 5.91. The lowest BCUT2D eigenvalue weighted by Crippen LogP contribution is -2.22. The van der Waals surface area contributed by atoms with Crippen LogP contribution in [0.25, 0.3) is 22.1 Å². The molecular formula is C23H14FN3O4S. The lowest BCUT2D eigenvalue weighted by atomic mass is 10.1. The minimum absolute atomic E-state index is 0.121.